The zero-order valence-corrected chi connectivity index (χ0v) is 26.0. The predicted octanol–water partition coefficient (Wildman–Crippen LogP) is 10.6. The summed E-state index contributed by atoms with van der Waals surface area (Å²) < 4.78 is 0. The maximum atomic E-state index is 2.64. The van der Waals surface area contributed by atoms with Crippen molar-refractivity contribution in [2.45, 2.75) is 45.8 Å². The van der Waals surface area contributed by atoms with Crippen LogP contribution in [0, 0.1) is 10.8 Å². The van der Waals surface area contributed by atoms with E-state index >= 15 is 0 Å². The van der Waals surface area contributed by atoms with Crippen LogP contribution >= 0.6 is 0 Å². The highest BCUT2D eigenvalue weighted by atomic mass is 14.5. The Labute approximate surface area is 260 Å². The first-order valence-corrected chi connectivity index (χ1v) is 16.4. The summed E-state index contributed by atoms with van der Waals surface area (Å²) in [5.74, 6) is 0. The minimum Gasteiger partial charge on any atom is -0.0797 e. The fourth-order valence-electron chi connectivity index (χ4n) is 9.86. The molecular weight excluding hydrogens is 527 g/mol. The third kappa shape index (κ3) is 2.79. The van der Waals surface area contributed by atoms with Crippen molar-refractivity contribution in [1.82, 2.24) is 0 Å². The van der Waals surface area contributed by atoms with Gasteiger partial charge in [-0.15, -0.1) is 0 Å². The van der Waals surface area contributed by atoms with Gasteiger partial charge in [0.2, 0.25) is 0 Å². The topological polar surface area (TPSA) is 0 Å². The zero-order chi connectivity index (χ0) is 29.6. The van der Waals surface area contributed by atoms with Crippen LogP contribution in [0.2, 0.25) is 12.6 Å². The third-order valence-electron chi connectivity index (χ3n) is 12.6. The number of fused-ring (bicyclic) bond motifs is 14. The van der Waals surface area contributed by atoms with Gasteiger partial charge in [-0.05, 0) is 94.4 Å². The molecule has 3 aliphatic carbocycles. The Hall–Kier alpha value is -4.36. The summed E-state index contributed by atoms with van der Waals surface area (Å²) in [5.41, 5.74) is 18.7. The molecule has 0 bridgehead atoms. The average molecular weight is 563 g/mol. The van der Waals surface area contributed by atoms with Gasteiger partial charge < -0.3 is 0 Å². The summed E-state index contributed by atoms with van der Waals surface area (Å²) in [5, 5.41) is 2.80. The first kappa shape index (κ1) is 25.0. The molecule has 1 saturated heterocycles. The van der Waals surface area contributed by atoms with Crippen molar-refractivity contribution in [3.63, 3.8) is 0 Å². The molecule has 0 radical (unpaired) electrons. The van der Waals surface area contributed by atoms with E-state index in [1.54, 1.807) is 0 Å². The lowest BCUT2D eigenvalue weighted by molar-refractivity contribution is 0.177. The number of hydrogen-bond acceptors (Lipinski definition) is 0. The first-order chi connectivity index (χ1) is 21.3. The van der Waals surface area contributed by atoms with Crippen LogP contribution in [0.1, 0.15) is 49.9 Å². The van der Waals surface area contributed by atoms with Crippen LogP contribution in [0.25, 0.3) is 55.3 Å². The summed E-state index contributed by atoms with van der Waals surface area (Å²) in [6.07, 6.45) is 2.47. The Morgan fingerprint density at radius 3 is 1.75 bits per heavy atom. The molecule has 0 nitrogen and oxygen atoms in total. The van der Waals surface area contributed by atoms with Crippen molar-refractivity contribution in [2.24, 2.45) is 10.8 Å². The van der Waals surface area contributed by atoms with E-state index < -0.39 is 0 Å². The molecule has 6 aromatic rings. The van der Waals surface area contributed by atoms with Gasteiger partial charge in [-0.25, -0.2) is 0 Å². The van der Waals surface area contributed by atoms with Gasteiger partial charge in [0.05, 0.1) is 5.41 Å². The molecule has 0 amide bonds. The highest BCUT2D eigenvalue weighted by Gasteiger charge is 2.54. The molecule has 1 heteroatoms. The maximum Gasteiger partial charge on any atom is 0.176 e. The minimum atomic E-state index is -0.338. The van der Waals surface area contributed by atoms with Gasteiger partial charge in [-0.2, -0.15) is 0 Å². The molecule has 1 aliphatic heterocycles. The summed E-state index contributed by atoms with van der Waals surface area (Å²) >= 11 is 0. The van der Waals surface area contributed by atoms with Gasteiger partial charge in [0.1, 0.15) is 0 Å². The Morgan fingerprint density at radius 1 is 0.455 bits per heavy atom. The Bertz CT molecular complexity index is 2230. The van der Waals surface area contributed by atoms with Gasteiger partial charge in [0, 0.05) is 0 Å². The molecule has 6 aromatic carbocycles. The van der Waals surface area contributed by atoms with Crippen molar-refractivity contribution in [2.75, 3.05) is 0 Å². The molecule has 1 fully saturated rings. The second-order valence-corrected chi connectivity index (χ2v) is 15.1. The number of benzene rings is 6. The van der Waals surface area contributed by atoms with Gasteiger partial charge >= 0.3 is 0 Å². The summed E-state index contributed by atoms with van der Waals surface area (Å²) in [4.78, 5) is 0. The predicted molar refractivity (Wildman–Crippen MR) is 187 cm³/mol. The number of rotatable bonds is 1. The molecule has 1 spiro atoms. The smallest absolute Gasteiger partial charge is 0.0797 e. The van der Waals surface area contributed by atoms with E-state index in [0.29, 0.717) is 17.5 Å². The largest absolute Gasteiger partial charge is 0.176 e. The van der Waals surface area contributed by atoms with E-state index in [4.69, 9.17) is 0 Å². The maximum absolute atomic E-state index is 2.64. The van der Waals surface area contributed by atoms with Crippen molar-refractivity contribution in [3.8, 4) is 44.5 Å². The van der Waals surface area contributed by atoms with Crippen molar-refractivity contribution in [3.05, 3.63) is 138 Å². The second-order valence-electron chi connectivity index (χ2n) is 15.1. The molecule has 10 rings (SSSR count). The monoisotopic (exact) mass is 562 g/mol. The standard InChI is InChI=1S/C43H35B/c1-41(2)24-44(25-42(41,3)4)26-20-21-30-29-14-7-9-18-35(29)43(37(30)22-26)36-19-10-8-15-32(36)40-33-17-11-16-31-27-12-5-6-13-28(27)34(39(31)33)23-38(40)43/h5-23H,24-25H2,1-4H3. The van der Waals surface area contributed by atoms with Crippen LogP contribution in [0.4, 0.5) is 0 Å². The lowest BCUT2D eigenvalue weighted by atomic mass is 9.42. The van der Waals surface area contributed by atoms with E-state index in [9.17, 15) is 0 Å². The Kier molecular flexibility index (Phi) is 4.56. The molecule has 0 saturated carbocycles. The van der Waals surface area contributed by atoms with Crippen LogP contribution in [0.15, 0.2) is 115 Å². The van der Waals surface area contributed by atoms with E-state index in [1.165, 1.54) is 95.6 Å². The normalized spacial score (nSPS) is 20.5. The highest BCUT2D eigenvalue weighted by Crippen LogP contribution is 2.65. The molecule has 0 aromatic heterocycles. The summed E-state index contributed by atoms with van der Waals surface area (Å²) in [6, 6.07) is 44.7. The molecule has 0 N–H and O–H groups in total. The van der Waals surface area contributed by atoms with E-state index in [0.717, 1.165) is 0 Å². The second kappa shape index (κ2) is 8.02. The quantitative estimate of drug-likeness (QED) is 0.175. The molecule has 4 aliphatic rings. The zero-order valence-electron chi connectivity index (χ0n) is 26.0. The van der Waals surface area contributed by atoms with Crippen LogP contribution in [0.5, 0.6) is 0 Å². The average Bonchev–Trinajstić information content (AvgIpc) is 3.69. The third-order valence-corrected chi connectivity index (χ3v) is 12.6. The van der Waals surface area contributed by atoms with Gasteiger partial charge in [0.25, 0.3) is 0 Å². The molecule has 210 valence electrons. The molecule has 1 atom stereocenters. The van der Waals surface area contributed by atoms with E-state index in [1.807, 2.05) is 0 Å². The molecule has 44 heavy (non-hydrogen) atoms. The van der Waals surface area contributed by atoms with E-state index in [-0.39, 0.29) is 5.41 Å². The van der Waals surface area contributed by atoms with Gasteiger partial charge in [-0.3, -0.25) is 0 Å². The van der Waals surface area contributed by atoms with Gasteiger partial charge in [-0.1, -0.05) is 155 Å². The van der Waals surface area contributed by atoms with Gasteiger partial charge in [0.15, 0.2) is 6.71 Å². The van der Waals surface area contributed by atoms with Crippen LogP contribution in [-0.2, 0) is 5.41 Å². The van der Waals surface area contributed by atoms with Crippen molar-refractivity contribution in [1.29, 1.82) is 0 Å². The Balaban J connectivity index is 1.33. The SMILES string of the molecule is CC1(C)CB(c2ccc3c(c2)C2(c4ccccc4-3)c3ccccc3-c3c2cc2c4c(cccc34)-c3ccccc3-2)CC1(C)C. The van der Waals surface area contributed by atoms with E-state index in [2.05, 4.69) is 143 Å². The van der Waals surface area contributed by atoms with Crippen LogP contribution < -0.4 is 5.46 Å². The molecule has 1 heterocycles. The lowest BCUT2D eigenvalue weighted by Crippen LogP contribution is -2.31. The Morgan fingerprint density at radius 2 is 1.02 bits per heavy atom. The summed E-state index contributed by atoms with van der Waals surface area (Å²) in [6.45, 7) is 10.5. The fraction of sp³-hybridized carbons (Fsp3) is 0.209. The van der Waals surface area contributed by atoms with Crippen molar-refractivity contribution < 1.29 is 0 Å². The fourth-order valence-corrected chi connectivity index (χ4v) is 9.86. The molecular formula is C43H35B. The van der Waals surface area contributed by atoms with Crippen LogP contribution in [0.3, 0.4) is 0 Å². The minimum absolute atomic E-state index is 0.318. The number of hydrogen-bond donors (Lipinski definition) is 0. The lowest BCUT2D eigenvalue weighted by Gasteiger charge is -2.35. The molecule has 1 unspecified atom stereocenters. The van der Waals surface area contributed by atoms with Crippen molar-refractivity contribution >= 4 is 22.9 Å². The highest BCUT2D eigenvalue weighted by molar-refractivity contribution is 6.74. The van der Waals surface area contributed by atoms with Crippen LogP contribution in [-0.4, -0.2) is 6.71 Å². The first-order valence-electron chi connectivity index (χ1n) is 16.4. The summed E-state index contributed by atoms with van der Waals surface area (Å²) in [7, 11) is 0.